The van der Waals surface area contributed by atoms with Crippen molar-refractivity contribution in [3.63, 3.8) is 0 Å². The molecule has 0 aliphatic carbocycles. The lowest BCUT2D eigenvalue weighted by atomic mass is 10.5. The molecule has 2 heterocycles. The van der Waals surface area contributed by atoms with E-state index in [2.05, 4.69) is 47.6 Å². The van der Waals surface area contributed by atoms with Gasteiger partial charge in [0.1, 0.15) is 0 Å². The van der Waals surface area contributed by atoms with Crippen LogP contribution in [-0.4, -0.2) is 29.1 Å². The van der Waals surface area contributed by atoms with Crippen molar-refractivity contribution in [2.45, 2.75) is 6.54 Å². The van der Waals surface area contributed by atoms with Crippen molar-refractivity contribution in [3.05, 3.63) is 20.8 Å². The number of aromatic nitrogens is 3. The summed E-state index contributed by atoms with van der Waals surface area (Å²) in [7, 11) is 3.27. The van der Waals surface area contributed by atoms with Crippen molar-refractivity contribution in [2.24, 2.45) is 0 Å². The molecule has 6 nitrogen and oxygen atoms in total. The summed E-state index contributed by atoms with van der Waals surface area (Å²) in [6, 6.07) is 2.33. The van der Waals surface area contributed by atoms with E-state index in [1.165, 1.54) is 12.0 Å². The fourth-order valence-corrected chi connectivity index (χ4v) is 2.64. The zero-order valence-electron chi connectivity index (χ0n) is 9.90. The highest BCUT2D eigenvalue weighted by Crippen LogP contribution is 2.20. The average Bonchev–Trinajstić information content (AvgIpc) is 2.81. The smallest absolute Gasteiger partial charge is 0.322 e. The van der Waals surface area contributed by atoms with Crippen LogP contribution in [0.2, 0.25) is 0 Å². The third-order valence-corrected chi connectivity index (χ3v) is 3.76. The molecule has 0 atom stereocenters. The van der Waals surface area contributed by atoms with Crippen LogP contribution >= 0.6 is 27.3 Å². The normalized spacial score (nSPS) is 10.2. The van der Waals surface area contributed by atoms with Crippen molar-refractivity contribution in [3.8, 4) is 6.01 Å². The van der Waals surface area contributed by atoms with Gasteiger partial charge in [0.15, 0.2) is 0 Å². The van der Waals surface area contributed by atoms with Crippen LogP contribution < -0.4 is 15.4 Å². The van der Waals surface area contributed by atoms with Gasteiger partial charge in [-0.25, -0.2) is 0 Å². The molecule has 0 saturated carbocycles. The first-order valence-electron chi connectivity index (χ1n) is 5.16. The summed E-state index contributed by atoms with van der Waals surface area (Å²) in [5.41, 5.74) is 0. The number of nitrogens with zero attached hydrogens (tertiary/aromatic N) is 3. The van der Waals surface area contributed by atoms with E-state index in [9.17, 15) is 0 Å². The van der Waals surface area contributed by atoms with Gasteiger partial charge in [-0.1, -0.05) is 0 Å². The van der Waals surface area contributed by atoms with E-state index >= 15 is 0 Å². The molecule has 18 heavy (non-hydrogen) atoms. The Hall–Kier alpha value is -1.41. The van der Waals surface area contributed by atoms with Crippen LogP contribution in [0.5, 0.6) is 6.01 Å². The van der Waals surface area contributed by atoms with Crippen molar-refractivity contribution in [1.82, 2.24) is 15.0 Å². The Morgan fingerprint density at radius 2 is 2.11 bits per heavy atom. The van der Waals surface area contributed by atoms with E-state index < -0.39 is 0 Å². The van der Waals surface area contributed by atoms with Crippen molar-refractivity contribution in [2.75, 3.05) is 24.8 Å². The summed E-state index contributed by atoms with van der Waals surface area (Å²) >= 11 is 5.08. The van der Waals surface area contributed by atoms with Crippen LogP contribution in [0.1, 0.15) is 4.88 Å². The standard InChI is InChI=1S/C10H12BrN5OS/c1-12-8-14-9(16-10(15-8)17-2)13-4-7-3-6(11)5-18-7/h3,5H,4H2,1-2H3,(H2,12,13,14,15,16). The minimum Gasteiger partial charge on any atom is -0.467 e. The zero-order valence-corrected chi connectivity index (χ0v) is 12.3. The zero-order chi connectivity index (χ0) is 13.0. The Bertz CT molecular complexity index is 510. The average molecular weight is 330 g/mol. The Balaban J connectivity index is 2.08. The molecular weight excluding hydrogens is 318 g/mol. The van der Waals surface area contributed by atoms with Gasteiger partial charge in [0.05, 0.1) is 13.7 Å². The quantitative estimate of drug-likeness (QED) is 0.877. The Kier molecular flexibility index (Phi) is 4.32. The molecule has 2 N–H and O–H groups in total. The fourth-order valence-electron chi connectivity index (χ4n) is 1.25. The van der Waals surface area contributed by atoms with E-state index in [4.69, 9.17) is 4.74 Å². The molecule has 0 aliphatic rings. The lowest BCUT2D eigenvalue weighted by Crippen LogP contribution is -2.07. The van der Waals surface area contributed by atoms with E-state index in [0.29, 0.717) is 18.4 Å². The number of hydrogen-bond acceptors (Lipinski definition) is 7. The van der Waals surface area contributed by atoms with Crippen LogP contribution in [0.15, 0.2) is 15.9 Å². The maximum Gasteiger partial charge on any atom is 0.322 e. The summed E-state index contributed by atoms with van der Waals surface area (Å²) in [5, 5.41) is 8.02. The number of thiophene rings is 1. The van der Waals surface area contributed by atoms with Gasteiger partial charge in [-0.3, -0.25) is 0 Å². The number of rotatable bonds is 5. The van der Waals surface area contributed by atoms with Crippen LogP contribution in [0, 0.1) is 0 Å². The highest BCUT2D eigenvalue weighted by Gasteiger charge is 2.06. The Morgan fingerprint density at radius 1 is 1.33 bits per heavy atom. The van der Waals surface area contributed by atoms with Gasteiger partial charge in [0.2, 0.25) is 11.9 Å². The van der Waals surface area contributed by atoms with Crippen molar-refractivity contribution < 1.29 is 4.74 Å². The molecule has 96 valence electrons. The van der Waals surface area contributed by atoms with Gasteiger partial charge < -0.3 is 15.4 Å². The highest BCUT2D eigenvalue weighted by molar-refractivity contribution is 9.10. The molecule has 0 spiro atoms. The summed E-state index contributed by atoms with van der Waals surface area (Å²) in [6.07, 6.45) is 0. The van der Waals surface area contributed by atoms with Gasteiger partial charge in [-0.2, -0.15) is 15.0 Å². The monoisotopic (exact) mass is 329 g/mol. The third-order valence-electron chi connectivity index (χ3n) is 2.06. The number of anilines is 2. The van der Waals surface area contributed by atoms with Crippen LogP contribution in [0.3, 0.4) is 0 Å². The molecule has 0 amide bonds. The van der Waals surface area contributed by atoms with Gasteiger partial charge in [0.25, 0.3) is 0 Å². The van der Waals surface area contributed by atoms with E-state index in [-0.39, 0.29) is 6.01 Å². The van der Waals surface area contributed by atoms with Gasteiger partial charge in [0, 0.05) is 21.8 Å². The van der Waals surface area contributed by atoms with Crippen LogP contribution in [-0.2, 0) is 6.54 Å². The SMILES string of the molecule is CNc1nc(NCc2cc(Br)cs2)nc(OC)n1. The minimum absolute atomic E-state index is 0.282. The first kappa shape index (κ1) is 13.0. The second-order valence-electron chi connectivity index (χ2n) is 3.30. The maximum atomic E-state index is 5.01. The summed E-state index contributed by atoms with van der Waals surface area (Å²) in [6.45, 7) is 0.659. The predicted octanol–water partition coefficient (Wildman–Crippen LogP) is 2.36. The molecule has 0 radical (unpaired) electrons. The first-order chi connectivity index (χ1) is 8.71. The molecule has 2 aromatic rings. The predicted molar refractivity (Wildman–Crippen MR) is 75.3 cm³/mol. The second-order valence-corrected chi connectivity index (χ2v) is 5.22. The minimum atomic E-state index is 0.282. The molecule has 0 bridgehead atoms. The molecule has 8 heteroatoms. The molecule has 0 fully saturated rings. The van der Waals surface area contributed by atoms with Crippen molar-refractivity contribution >= 4 is 39.2 Å². The molecule has 2 rings (SSSR count). The largest absolute Gasteiger partial charge is 0.467 e. The van der Waals surface area contributed by atoms with E-state index in [0.717, 1.165) is 4.47 Å². The first-order valence-corrected chi connectivity index (χ1v) is 6.83. The maximum absolute atomic E-state index is 5.01. The Morgan fingerprint density at radius 3 is 2.72 bits per heavy atom. The number of hydrogen-bond donors (Lipinski definition) is 2. The molecule has 0 aliphatic heterocycles. The second kappa shape index (κ2) is 5.96. The fraction of sp³-hybridized carbons (Fsp3) is 0.300. The van der Waals surface area contributed by atoms with Crippen molar-refractivity contribution in [1.29, 1.82) is 0 Å². The molecule has 0 aromatic carbocycles. The molecule has 0 saturated heterocycles. The third kappa shape index (κ3) is 3.30. The highest BCUT2D eigenvalue weighted by atomic mass is 79.9. The van der Waals surface area contributed by atoms with E-state index in [1.54, 1.807) is 18.4 Å². The summed E-state index contributed by atoms with van der Waals surface area (Å²) < 4.78 is 6.08. The number of methoxy groups -OCH3 is 1. The summed E-state index contributed by atoms with van der Waals surface area (Å²) in [5.74, 6) is 0.951. The summed E-state index contributed by atoms with van der Waals surface area (Å²) in [4.78, 5) is 13.5. The number of halogens is 1. The lowest BCUT2D eigenvalue weighted by molar-refractivity contribution is 0.379. The topological polar surface area (TPSA) is 72.0 Å². The Labute approximate surface area is 117 Å². The van der Waals surface area contributed by atoms with Gasteiger partial charge >= 0.3 is 6.01 Å². The van der Waals surface area contributed by atoms with Crippen LogP contribution in [0.25, 0.3) is 0 Å². The molecular formula is C10H12BrN5OS. The molecule has 0 unspecified atom stereocenters. The van der Waals surface area contributed by atoms with Gasteiger partial charge in [-0.15, -0.1) is 11.3 Å². The van der Waals surface area contributed by atoms with Crippen LogP contribution in [0.4, 0.5) is 11.9 Å². The van der Waals surface area contributed by atoms with Gasteiger partial charge in [-0.05, 0) is 22.0 Å². The number of nitrogens with one attached hydrogen (secondary N) is 2. The lowest BCUT2D eigenvalue weighted by Gasteiger charge is -2.06. The van der Waals surface area contributed by atoms with E-state index in [1.807, 2.05) is 5.38 Å². The number of ether oxygens (including phenoxy) is 1. The molecule has 2 aromatic heterocycles.